The lowest BCUT2D eigenvalue weighted by molar-refractivity contribution is 0.101. The van der Waals surface area contributed by atoms with Gasteiger partial charge in [-0.05, 0) is 19.1 Å². The quantitative estimate of drug-likeness (QED) is 0.814. The summed E-state index contributed by atoms with van der Waals surface area (Å²) in [6.45, 7) is 5.14. The maximum Gasteiger partial charge on any atom is 0.241 e. The third-order valence-corrected chi connectivity index (χ3v) is 4.38. The Hall–Kier alpha value is -2.06. The highest BCUT2D eigenvalue weighted by atomic mass is 32.2. The summed E-state index contributed by atoms with van der Waals surface area (Å²) in [5, 5.41) is 7.61. The minimum atomic E-state index is -3.70. The highest BCUT2D eigenvalue weighted by Crippen LogP contribution is 2.14. The Morgan fingerprint density at radius 3 is 2.36 bits per heavy atom. The maximum atomic E-state index is 12.1. The molecule has 0 fully saturated rings. The minimum Gasteiger partial charge on any atom is -0.424 e. The molecule has 2 aromatic rings. The maximum absolute atomic E-state index is 12.1. The molecule has 0 aliphatic rings. The van der Waals surface area contributed by atoms with Crippen molar-refractivity contribution in [2.24, 2.45) is 0 Å². The number of ketones is 1. The van der Waals surface area contributed by atoms with Crippen LogP contribution in [0.1, 0.15) is 48.8 Å². The normalized spacial score (nSPS) is 11.8. The molecule has 7 nitrogen and oxygen atoms in total. The topological polar surface area (TPSA) is 102 Å². The van der Waals surface area contributed by atoms with Crippen molar-refractivity contribution >= 4 is 15.8 Å². The largest absolute Gasteiger partial charge is 0.424 e. The molecule has 0 unspecified atom stereocenters. The van der Waals surface area contributed by atoms with E-state index in [4.69, 9.17) is 4.42 Å². The van der Waals surface area contributed by atoms with Gasteiger partial charge in [-0.2, -0.15) is 0 Å². The molecule has 0 atom stereocenters. The summed E-state index contributed by atoms with van der Waals surface area (Å²) in [7, 11) is -3.70. The van der Waals surface area contributed by atoms with E-state index >= 15 is 0 Å². The van der Waals surface area contributed by atoms with Gasteiger partial charge in [0, 0.05) is 11.5 Å². The number of hydrogen-bond donors (Lipinski definition) is 1. The first kappa shape index (κ1) is 16.3. The highest BCUT2D eigenvalue weighted by Gasteiger charge is 2.16. The van der Waals surface area contributed by atoms with Crippen LogP contribution < -0.4 is 4.72 Å². The zero-order valence-corrected chi connectivity index (χ0v) is 13.3. The van der Waals surface area contributed by atoms with Gasteiger partial charge in [0.25, 0.3) is 0 Å². The zero-order chi connectivity index (χ0) is 16.3. The Bertz CT molecular complexity index is 764. The summed E-state index contributed by atoms with van der Waals surface area (Å²) in [6.07, 6.45) is 0. The van der Waals surface area contributed by atoms with Crippen molar-refractivity contribution in [1.29, 1.82) is 0 Å². The summed E-state index contributed by atoms with van der Waals surface area (Å²) in [6, 6.07) is 5.71. The second kappa shape index (κ2) is 6.37. The molecule has 0 bridgehead atoms. The SMILES string of the molecule is CC(=O)c1ccc(S(=O)(=O)NCc2nnc(C(C)C)o2)cc1. The van der Waals surface area contributed by atoms with E-state index in [1.807, 2.05) is 13.8 Å². The Labute approximate surface area is 128 Å². The average molecular weight is 323 g/mol. The van der Waals surface area contributed by atoms with E-state index in [1.54, 1.807) is 0 Å². The van der Waals surface area contributed by atoms with Crippen molar-refractivity contribution in [3.05, 3.63) is 41.6 Å². The van der Waals surface area contributed by atoms with Crippen LogP contribution in [-0.2, 0) is 16.6 Å². The van der Waals surface area contributed by atoms with Gasteiger partial charge in [0.15, 0.2) is 5.78 Å². The Morgan fingerprint density at radius 2 is 1.86 bits per heavy atom. The molecule has 1 heterocycles. The monoisotopic (exact) mass is 323 g/mol. The van der Waals surface area contributed by atoms with Crippen LogP contribution in [0.4, 0.5) is 0 Å². The Kier molecular flexibility index (Phi) is 4.72. The number of benzene rings is 1. The molecule has 1 N–H and O–H groups in total. The number of nitrogens with zero attached hydrogens (tertiary/aromatic N) is 2. The molecular formula is C14H17N3O4S. The van der Waals surface area contributed by atoms with Crippen LogP contribution in [0, 0.1) is 0 Å². The van der Waals surface area contributed by atoms with Gasteiger partial charge < -0.3 is 4.42 Å². The van der Waals surface area contributed by atoms with E-state index in [-0.39, 0.29) is 29.0 Å². The summed E-state index contributed by atoms with van der Waals surface area (Å²) < 4.78 is 32.0. The van der Waals surface area contributed by atoms with Crippen LogP contribution in [0.3, 0.4) is 0 Å². The number of sulfonamides is 1. The summed E-state index contributed by atoms with van der Waals surface area (Å²) >= 11 is 0. The van der Waals surface area contributed by atoms with E-state index in [0.717, 1.165) is 0 Å². The number of rotatable bonds is 6. The lowest BCUT2D eigenvalue weighted by atomic mass is 10.2. The van der Waals surface area contributed by atoms with Gasteiger partial charge in [-0.25, -0.2) is 13.1 Å². The van der Waals surface area contributed by atoms with Crippen molar-refractivity contribution in [2.75, 3.05) is 0 Å². The van der Waals surface area contributed by atoms with Crippen LogP contribution in [0.15, 0.2) is 33.6 Å². The van der Waals surface area contributed by atoms with Crippen LogP contribution in [0.5, 0.6) is 0 Å². The van der Waals surface area contributed by atoms with E-state index in [9.17, 15) is 13.2 Å². The molecule has 0 saturated carbocycles. The molecule has 118 valence electrons. The first-order valence-electron chi connectivity index (χ1n) is 6.72. The van der Waals surface area contributed by atoms with Gasteiger partial charge in [-0.3, -0.25) is 4.79 Å². The molecule has 0 radical (unpaired) electrons. The zero-order valence-electron chi connectivity index (χ0n) is 12.5. The van der Waals surface area contributed by atoms with Crippen LogP contribution in [0.25, 0.3) is 0 Å². The third kappa shape index (κ3) is 3.77. The number of carbonyl (C=O) groups is 1. The molecule has 0 aliphatic carbocycles. The predicted octanol–water partition coefficient (Wildman–Crippen LogP) is 1.87. The van der Waals surface area contributed by atoms with Gasteiger partial charge in [0.1, 0.15) is 0 Å². The second-order valence-corrected chi connectivity index (χ2v) is 6.86. The van der Waals surface area contributed by atoms with Gasteiger partial charge in [0.05, 0.1) is 11.4 Å². The van der Waals surface area contributed by atoms with Crippen molar-refractivity contribution in [1.82, 2.24) is 14.9 Å². The Balaban J connectivity index is 2.08. The first-order chi connectivity index (χ1) is 10.3. The van der Waals surface area contributed by atoms with Gasteiger partial charge in [-0.1, -0.05) is 26.0 Å². The molecule has 0 saturated heterocycles. The van der Waals surface area contributed by atoms with Gasteiger partial charge in [0.2, 0.25) is 21.8 Å². The lowest BCUT2D eigenvalue weighted by Gasteiger charge is -2.05. The molecular weight excluding hydrogens is 306 g/mol. The fourth-order valence-corrected chi connectivity index (χ4v) is 2.65. The lowest BCUT2D eigenvalue weighted by Crippen LogP contribution is -2.23. The second-order valence-electron chi connectivity index (χ2n) is 5.09. The van der Waals surface area contributed by atoms with Gasteiger partial charge in [-0.15, -0.1) is 10.2 Å². The molecule has 0 spiro atoms. The van der Waals surface area contributed by atoms with E-state index in [0.29, 0.717) is 11.5 Å². The van der Waals surface area contributed by atoms with Crippen molar-refractivity contribution in [3.8, 4) is 0 Å². The van der Waals surface area contributed by atoms with Crippen LogP contribution >= 0.6 is 0 Å². The van der Waals surface area contributed by atoms with Crippen molar-refractivity contribution in [3.63, 3.8) is 0 Å². The smallest absolute Gasteiger partial charge is 0.241 e. The van der Waals surface area contributed by atoms with E-state index < -0.39 is 10.0 Å². The fraction of sp³-hybridized carbons (Fsp3) is 0.357. The summed E-state index contributed by atoms with van der Waals surface area (Å²) in [5.41, 5.74) is 0.456. The van der Waals surface area contributed by atoms with Crippen molar-refractivity contribution < 1.29 is 17.6 Å². The van der Waals surface area contributed by atoms with E-state index in [2.05, 4.69) is 14.9 Å². The number of Topliss-reactive ketones (excluding diaryl/α,β-unsaturated/α-hetero) is 1. The third-order valence-electron chi connectivity index (χ3n) is 2.96. The van der Waals surface area contributed by atoms with Crippen LogP contribution in [-0.4, -0.2) is 24.4 Å². The molecule has 1 aromatic carbocycles. The van der Waals surface area contributed by atoms with Crippen LogP contribution in [0.2, 0.25) is 0 Å². The molecule has 0 amide bonds. The Morgan fingerprint density at radius 1 is 1.23 bits per heavy atom. The molecule has 1 aromatic heterocycles. The predicted molar refractivity (Wildman–Crippen MR) is 78.9 cm³/mol. The first-order valence-corrected chi connectivity index (χ1v) is 8.21. The number of hydrogen-bond acceptors (Lipinski definition) is 6. The summed E-state index contributed by atoms with van der Waals surface area (Å²) in [5.74, 6) is 0.619. The number of aromatic nitrogens is 2. The fourth-order valence-electron chi connectivity index (χ4n) is 1.68. The average Bonchev–Trinajstić information content (AvgIpc) is 2.94. The molecule has 22 heavy (non-hydrogen) atoms. The minimum absolute atomic E-state index is 0.0705. The number of nitrogens with one attached hydrogen (secondary N) is 1. The molecule has 2 rings (SSSR count). The summed E-state index contributed by atoms with van der Waals surface area (Å²) in [4.78, 5) is 11.3. The molecule has 0 aliphatic heterocycles. The van der Waals surface area contributed by atoms with Gasteiger partial charge >= 0.3 is 0 Å². The molecule has 8 heteroatoms. The number of carbonyl (C=O) groups excluding carboxylic acids is 1. The van der Waals surface area contributed by atoms with E-state index in [1.165, 1.54) is 31.2 Å². The highest BCUT2D eigenvalue weighted by molar-refractivity contribution is 7.89. The van der Waals surface area contributed by atoms with Crippen molar-refractivity contribution in [2.45, 2.75) is 38.1 Å². The standard InChI is InChI=1S/C14H17N3O4S/c1-9(2)14-17-16-13(21-14)8-15-22(19,20)12-6-4-11(5-7-12)10(3)18/h4-7,9,15H,8H2,1-3H3.